The van der Waals surface area contributed by atoms with Gasteiger partial charge in [0.1, 0.15) is 10.7 Å². The highest BCUT2D eigenvalue weighted by atomic mass is 35.5. The molecule has 0 fully saturated rings. The van der Waals surface area contributed by atoms with Crippen molar-refractivity contribution in [3.8, 4) is 16.9 Å². The van der Waals surface area contributed by atoms with Gasteiger partial charge in [0.05, 0.1) is 16.3 Å². The van der Waals surface area contributed by atoms with Crippen LogP contribution in [0.3, 0.4) is 0 Å². The predicted molar refractivity (Wildman–Crippen MR) is 107 cm³/mol. The van der Waals surface area contributed by atoms with E-state index < -0.39 is 49.5 Å². The molecule has 3 N–H and O–H groups in total. The lowest BCUT2D eigenvalue weighted by Gasteiger charge is -2.15. The number of carbonyl (C=O) groups is 1. The maximum Gasteiger partial charge on any atom is 0.265 e. The number of hydrogen-bond donors (Lipinski definition) is 3. The molecule has 0 unspecified atom stereocenters. The van der Waals surface area contributed by atoms with Crippen LogP contribution in [0, 0.1) is 11.6 Å². The van der Waals surface area contributed by atoms with Gasteiger partial charge in [-0.2, -0.15) is 0 Å². The van der Waals surface area contributed by atoms with E-state index in [2.05, 4.69) is 5.32 Å². The molecule has 30 heavy (non-hydrogen) atoms. The number of aromatic hydroxyl groups is 1. The first-order chi connectivity index (χ1) is 14.2. The van der Waals surface area contributed by atoms with E-state index in [0.29, 0.717) is 5.56 Å². The third-order valence-electron chi connectivity index (χ3n) is 4.64. The first kappa shape index (κ1) is 20.1. The number of sulfonamides is 1. The highest BCUT2D eigenvalue weighted by Gasteiger charge is 2.27. The fourth-order valence-electron chi connectivity index (χ4n) is 3.18. The van der Waals surface area contributed by atoms with Crippen LogP contribution in [0.4, 0.5) is 14.5 Å². The van der Waals surface area contributed by atoms with Crippen molar-refractivity contribution in [1.82, 2.24) is 5.32 Å². The average molecular weight is 451 g/mol. The summed E-state index contributed by atoms with van der Waals surface area (Å²) in [6.45, 7) is -0.0911. The van der Waals surface area contributed by atoms with Crippen molar-refractivity contribution in [3.05, 3.63) is 76.3 Å². The number of hydrogen-bond acceptors (Lipinski definition) is 4. The molecule has 0 saturated carbocycles. The molecule has 10 heteroatoms. The molecule has 4 rings (SSSR count). The summed E-state index contributed by atoms with van der Waals surface area (Å²) in [7, 11) is -4.57. The van der Waals surface area contributed by atoms with E-state index in [-0.39, 0.29) is 22.7 Å². The van der Waals surface area contributed by atoms with Gasteiger partial charge >= 0.3 is 0 Å². The summed E-state index contributed by atoms with van der Waals surface area (Å²) < 4.78 is 57.4. The second-order valence-electron chi connectivity index (χ2n) is 6.53. The largest absolute Gasteiger partial charge is 0.505 e. The van der Waals surface area contributed by atoms with Crippen molar-refractivity contribution in [3.63, 3.8) is 0 Å². The van der Waals surface area contributed by atoms with Crippen molar-refractivity contribution in [2.24, 2.45) is 0 Å². The average Bonchev–Trinajstić information content (AvgIpc) is 2.70. The third-order valence-corrected chi connectivity index (χ3v) is 6.31. The number of anilines is 1. The molecule has 4 bridgehead atoms. The fraction of sp³-hybridized carbons (Fsp3) is 0.0500. The Kier molecular flexibility index (Phi) is 4.87. The minimum absolute atomic E-state index is 0.0911. The van der Waals surface area contributed by atoms with Crippen molar-refractivity contribution in [1.29, 1.82) is 0 Å². The standard InChI is InChI=1S/C20H13ClF2N2O4S/c21-13-7-11-8-16(19(13)26)30(28,29)25-15-6-5-14(22)17(18(15)23)12-4-2-1-3-10(12)9-24-20(11)27/h1-8,25-26H,9H2,(H,24,27). The number of nitrogens with one attached hydrogen (secondary N) is 2. The summed E-state index contributed by atoms with van der Waals surface area (Å²) in [4.78, 5) is 11.9. The van der Waals surface area contributed by atoms with Gasteiger partial charge in [-0.1, -0.05) is 35.9 Å². The summed E-state index contributed by atoms with van der Waals surface area (Å²) in [6.07, 6.45) is 0. The zero-order valence-electron chi connectivity index (χ0n) is 15.0. The van der Waals surface area contributed by atoms with Gasteiger partial charge in [0.2, 0.25) is 0 Å². The minimum atomic E-state index is -4.57. The first-order valence-corrected chi connectivity index (χ1v) is 10.4. The maximum absolute atomic E-state index is 15.2. The number of fused-ring (bicyclic) bond motifs is 6. The summed E-state index contributed by atoms with van der Waals surface area (Å²) in [5.41, 5.74) is -0.545. The number of amides is 1. The first-order valence-electron chi connectivity index (χ1n) is 8.59. The molecule has 0 saturated heterocycles. The molecule has 0 spiro atoms. The van der Waals surface area contributed by atoms with E-state index in [1.807, 2.05) is 4.72 Å². The summed E-state index contributed by atoms with van der Waals surface area (Å²) >= 11 is 5.90. The van der Waals surface area contributed by atoms with Gasteiger partial charge in [0.15, 0.2) is 11.6 Å². The van der Waals surface area contributed by atoms with Gasteiger partial charge in [-0.3, -0.25) is 9.52 Å². The van der Waals surface area contributed by atoms with Crippen molar-refractivity contribution < 1.29 is 27.1 Å². The lowest BCUT2D eigenvalue weighted by Crippen LogP contribution is -2.23. The molecule has 0 radical (unpaired) electrons. The van der Waals surface area contributed by atoms with Gasteiger partial charge in [0, 0.05) is 12.1 Å². The Labute approximate surface area is 175 Å². The van der Waals surface area contributed by atoms with Gasteiger partial charge in [-0.05, 0) is 35.4 Å². The number of phenols is 1. The van der Waals surface area contributed by atoms with Crippen LogP contribution in [0.2, 0.25) is 5.02 Å². The molecule has 6 nitrogen and oxygen atoms in total. The fourth-order valence-corrected chi connectivity index (χ4v) is 4.66. The number of phenolic OH excluding ortho intramolecular Hbond substituents is 1. The van der Waals surface area contributed by atoms with Gasteiger partial charge in [-0.25, -0.2) is 17.2 Å². The number of benzene rings is 3. The quantitative estimate of drug-likeness (QED) is 0.482. The van der Waals surface area contributed by atoms with E-state index in [1.165, 1.54) is 6.07 Å². The second-order valence-corrected chi connectivity index (χ2v) is 8.59. The topological polar surface area (TPSA) is 95.5 Å². The number of carbonyl (C=O) groups excluding carboxylic acids is 1. The van der Waals surface area contributed by atoms with Crippen LogP contribution in [-0.2, 0) is 16.6 Å². The van der Waals surface area contributed by atoms with Crippen LogP contribution in [0.1, 0.15) is 15.9 Å². The Morgan fingerprint density at radius 1 is 1.07 bits per heavy atom. The second kappa shape index (κ2) is 7.26. The van der Waals surface area contributed by atoms with Crippen molar-refractivity contribution >= 4 is 33.2 Å². The van der Waals surface area contributed by atoms with Crippen molar-refractivity contribution in [2.75, 3.05) is 4.72 Å². The van der Waals surface area contributed by atoms with Crippen LogP contribution in [0.5, 0.6) is 5.75 Å². The third kappa shape index (κ3) is 3.35. The summed E-state index contributed by atoms with van der Waals surface area (Å²) in [5, 5.41) is 12.3. The highest BCUT2D eigenvalue weighted by molar-refractivity contribution is 7.92. The summed E-state index contributed by atoms with van der Waals surface area (Å²) in [6, 6.07) is 10.1. The summed E-state index contributed by atoms with van der Waals surface area (Å²) in [5.74, 6) is -3.54. The van der Waals surface area contributed by atoms with E-state index in [1.54, 1.807) is 18.2 Å². The van der Waals surface area contributed by atoms with Crippen LogP contribution in [0.25, 0.3) is 11.1 Å². The zero-order chi connectivity index (χ0) is 21.6. The van der Waals surface area contributed by atoms with Gasteiger partial charge < -0.3 is 10.4 Å². The number of halogens is 3. The molecule has 1 aliphatic rings. The lowest BCUT2D eigenvalue weighted by atomic mass is 9.98. The Morgan fingerprint density at radius 3 is 2.57 bits per heavy atom. The normalized spacial score (nSPS) is 15.0. The van der Waals surface area contributed by atoms with E-state index in [9.17, 15) is 22.7 Å². The molecule has 0 aliphatic carbocycles. The Balaban J connectivity index is 2.03. The van der Waals surface area contributed by atoms with Crippen LogP contribution < -0.4 is 10.0 Å². The van der Waals surface area contributed by atoms with E-state index in [0.717, 1.165) is 24.3 Å². The number of rotatable bonds is 0. The SMILES string of the molecule is O=C1NCc2ccccc2-c2c(F)ccc(c2F)NS(=O)(=O)c2cc1cc(Cl)c2O. The smallest absolute Gasteiger partial charge is 0.265 e. The van der Waals surface area contributed by atoms with E-state index >= 15 is 4.39 Å². The molecular formula is C20H13ClF2N2O4S. The monoisotopic (exact) mass is 450 g/mol. The van der Waals surface area contributed by atoms with Gasteiger partial charge in [0.25, 0.3) is 15.9 Å². The van der Waals surface area contributed by atoms with Crippen LogP contribution >= 0.6 is 11.6 Å². The zero-order valence-corrected chi connectivity index (χ0v) is 16.6. The van der Waals surface area contributed by atoms with Crippen LogP contribution in [0.15, 0.2) is 53.4 Å². The molecule has 1 aliphatic heterocycles. The van der Waals surface area contributed by atoms with Crippen LogP contribution in [-0.4, -0.2) is 19.4 Å². The predicted octanol–water partition coefficient (Wildman–Crippen LogP) is 4.04. The maximum atomic E-state index is 15.2. The van der Waals surface area contributed by atoms with Gasteiger partial charge in [-0.15, -0.1) is 0 Å². The molecule has 3 aromatic rings. The highest BCUT2D eigenvalue weighted by Crippen LogP contribution is 2.37. The Hall–Kier alpha value is -3.17. The van der Waals surface area contributed by atoms with Crippen molar-refractivity contribution in [2.45, 2.75) is 11.4 Å². The molecule has 3 aromatic carbocycles. The Morgan fingerprint density at radius 2 is 1.80 bits per heavy atom. The molecule has 0 aromatic heterocycles. The molecule has 1 heterocycles. The lowest BCUT2D eigenvalue weighted by molar-refractivity contribution is 0.0950. The molecular weight excluding hydrogens is 438 g/mol. The Bertz CT molecular complexity index is 1310. The molecule has 0 atom stereocenters. The van der Waals surface area contributed by atoms with E-state index in [4.69, 9.17) is 11.6 Å². The minimum Gasteiger partial charge on any atom is -0.505 e. The molecule has 154 valence electrons. The molecule has 1 amide bonds.